The summed E-state index contributed by atoms with van der Waals surface area (Å²) in [6.07, 6.45) is 1.45. The fraction of sp³-hybridized carbons (Fsp3) is 0.167. The lowest BCUT2D eigenvalue weighted by Gasteiger charge is -2.03. The van der Waals surface area contributed by atoms with Crippen LogP contribution in [-0.2, 0) is 6.54 Å². The van der Waals surface area contributed by atoms with E-state index in [1.165, 1.54) is 17.8 Å². The molecule has 0 saturated carbocycles. The Bertz CT molecular complexity index is 478. The highest BCUT2D eigenvalue weighted by atomic mass is 16.5. The fourth-order valence-electron chi connectivity index (χ4n) is 1.42. The molecule has 16 heavy (non-hydrogen) atoms. The number of aryl methyl sites for hydroxylation is 1. The van der Waals surface area contributed by atoms with Gasteiger partial charge in [0.1, 0.15) is 0 Å². The van der Waals surface area contributed by atoms with Gasteiger partial charge in [0.2, 0.25) is 5.76 Å². The van der Waals surface area contributed by atoms with E-state index in [1.807, 2.05) is 31.2 Å². The van der Waals surface area contributed by atoms with E-state index in [0.29, 0.717) is 6.54 Å². The number of hydrogen-bond acceptors (Lipinski definition) is 3. The topological polar surface area (TPSA) is 55.1 Å². The van der Waals surface area contributed by atoms with Crippen LogP contribution >= 0.6 is 0 Å². The van der Waals surface area contributed by atoms with Crippen molar-refractivity contribution in [1.82, 2.24) is 10.5 Å². The number of benzene rings is 1. The second-order valence-electron chi connectivity index (χ2n) is 3.55. The standard InChI is InChI=1S/C12H12N2O2/c1-9-3-2-4-10(7-9)8-13-12(15)11-5-6-14-16-11/h2-7H,8H2,1H3,(H,13,15). The zero-order chi connectivity index (χ0) is 11.4. The summed E-state index contributed by atoms with van der Waals surface area (Å²) < 4.78 is 4.75. The van der Waals surface area contributed by atoms with Crippen molar-refractivity contribution in [3.05, 3.63) is 53.4 Å². The maximum atomic E-state index is 11.5. The van der Waals surface area contributed by atoms with Gasteiger partial charge in [-0.3, -0.25) is 4.79 Å². The van der Waals surface area contributed by atoms with E-state index in [4.69, 9.17) is 4.52 Å². The van der Waals surface area contributed by atoms with Gasteiger partial charge in [-0.2, -0.15) is 0 Å². The number of aromatic nitrogens is 1. The Morgan fingerprint density at radius 2 is 2.31 bits per heavy atom. The molecule has 2 aromatic rings. The lowest BCUT2D eigenvalue weighted by molar-refractivity contribution is 0.0914. The molecule has 1 amide bonds. The Kier molecular flexibility index (Phi) is 3.00. The number of carbonyl (C=O) groups excluding carboxylic acids is 1. The molecule has 0 fully saturated rings. The maximum absolute atomic E-state index is 11.5. The predicted molar refractivity (Wildman–Crippen MR) is 58.9 cm³/mol. The molecule has 0 aliphatic carbocycles. The summed E-state index contributed by atoms with van der Waals surface area (Å²) in [5.74, 6) is -0.0216. The number of hydrogen-bond donors (Lipinski definition) is 1. The van der Waals surface area contributed by atoms with E-state index in [0.717, 1.165) is 5.56 Å². The average molecular weight is 216 g/mol. The number of amides is 1. The van der Waals surface area contributed by atoms with Gasteiger partial charge in [-0.1, -0.05) is 35.0 Å². The van der Waals surface area contributed by atoms with E-state index >= 15 is 0 Å². The molecule has 0 aliphatic heterocycles. The summed E-state index contributed by atoms with van der Waals surface area (Å²) in [5.41, 5.74) is 2.24. The highest BCUT2D eigenvalue weighted by Gasteiger charge is 2.08. The highest BCUT2D eigenvalue weighted by Crippen LogP contribution is 2.04. The zero-order valence-corrected chi connectivity index (χ0v) is 8.93. The fourth-order valence-corrected chi connectivity index (χ4v) is 1.42. The second kappa shape index (κ2) is 4.61. The first-order valence-electron chi connectivity index (χ1n) is 5.00. The molecule has 1 aromatic carbocycles. The summed E-state index contributed by atoms with van der Waals surface area (Å²) in [5, 5.41) is 6.23. The Labute approximate surface area is 93.3 Å². The van der Waals surface area contributed by atoms with Gasteiger partial charge >= 0.3 is 0 Å². The van der Waals surface area contributed by atoms with Crippen LogP contribution in [0.3, 0.4) is 0 Å². The van der Waals surface area contributed by atoms with Gasteiger partial charge in [0.25, 0.3) is 5.91 Å². The predicted octanol–water partition coefficient (Wildman–Crippen LogP) is 1.91. The number of rotatable bonds is 3. The van der Waals surface area contributed by atoms with Crippen LogP contribution in [0.4, 0.5) is 0 Å². The summed E-state index contributed by atoms with van der Waals surface area (Å²) in [6, 6.07) is 9.51. The van der Waals surface area contributed by atoms with Crippen molar-refractivity contribution in [2.45, 2.75) is 13.5 Å². The maximum Gasteiger partial charge on any atom is 0.290 e. The van der Waals surface area contributed by atoms with E-state index in [9.17, 15) is 4.79 Å². The van der Waals surface area contributed by atoms with Gasteiger partial charge in [0.05, 0.1) is 6.20 Å². The molecular formula is C12H12N2O2. The molecule has 0 atom stereocenters. The molecule has 1 aromatic heterocycles. The van der Waals surface area contributed by atoms with Crippen LogP contribution in [0.25, 0.3) is 0 Å². The molecule has 0 bridgehead atoms. The summed E-state index contributed by atoms with van der Waals surface area (Å²) in [7, 11) is 0. The van der Waals surface area contributed by atoms with Gasteiger partial charge < -0.3 is 9.84 Å². The molecule has 0 aliphatic rings. The number of nitrogens with one attached hydrogen (secondary N) is 1. The molecule has 0 radical (unpaired) electrons. The molecule has 1 N–H and O–H groups in total. The molecule has 0 spiro atoms. The first-order valence-corrected chi connectivity index (χ1v) is 5.00. The van der Waals surface area contributed by atoms with E-state index in [-0.39, 0.29) is 11.7 Å². The van der Waals surface area contributed by atoms with Crippen molar-refractivity contribution in [3.63, 3.8) is 0 Å². The van der Waals surface area contributed by atoms with Crippen LogP contribution in [0.5, 0.6) is 0 Å². The van der Waals surface area contributed by atoms with Crippen molar-refractivity contribution in [1.29, 1.82) is 0 Å². The van der Waals surface area contributed by atoms with Crippen molar-refractivity contribution in [2.75, 3.05) is 0 Å². The first-order chi connectivity index (χ1) is 7.75. The van der Waals surface area contributed by atoms with Gasteiger partial charge in [-0.05, 0) is 12.5 Å². The summed E-state index contributed by atoms with van der Waals surface area (Å²) in [6.45, 7) is 2.50. The number of carbonyl (C=O) groups is 1. The van der Waals surface area contributed by atoms with Crippen LogP contribution in [0.1, 0.15) is 21.7 Å². The van der Waals surface area contributed by atoms with Crippen LogP contribution < -0.4 is 5.32 Å². The first kappa shape index (κ1) is 10.4. The Balaban J connectivity index is 1.95. The largest absolute Gasteiger partial charge is 0.351 e. The highest BCUT2D eigenvalue weighted by molar-refractivity contribution is 5.91. The minimum Gasteiger partial charge on any atom is -0.351 e. The Morgan fingerprint density at radius 1 is 1.44 bits per heavy atom. The SMILES string of the molecule is Cc1cccc(CNC(=O)c2ccno2)c1. The molecule has 2 rings (SSSR count). The summed E-state index contributed by atoms with van der Waals surface area (Å²) >= 11 is 0. The minimum atomic E-state index is -0.251. The average Bonchev–Trinajstić information content (AvgIpc) is 2.79. The van der Waals surface area contributed by atoms with Crippen molar-refractivity contribution < 1.29 is 9.32 Å². The lowest BCUT2D eigenvalue weighted by atomic mass is 10.1. The van der Waals surface area contributed by atoms with Crippen molar-refractivity contribution in [3.8, 4) is 0 Å². The minimum absolute atomic E-state index is 0.229. The monoisotopic (exact) mass is 216 g/mol. The van der Waals surface area contributed by atoms with E-state index in [1.54, 1.807) is 0 Å². The van der Waals surface area contributed by atoms with E-state index in [2.05, 4.69) is 10.5 Å². The van der Waals surface area contributed by atoms with Crippen molar-refractivity contribution >= 4 is 5.91 Å². The molecule has 1 heterocycles. The van der Waals surface area contributed by atoms with Crippen molar-refractivity contribution in [2.24, 2.45) is 0 Å². The third-order valence-electron chi connectivity index (χ3n) is 2.20. The van der Waals surface area contributed by atoms with Crippen LogP contribution in [0, 0.1) is 6.92 Å². The zero-order valence-electron chi connectivity index (χ0n) is 8.93. The summed E-state index contributed by atoms with van der Waals surface area (Å²) in [4.78, 5) is 11.5. The molecule has 4 heteroatoms. The number of nitrogens with zero attached hydrogens (tertiary/aromatic N) is 1. The molecule has 4 nitrogen and oxygen atoms in total. The molecular weight excluding hydrogens is 204 g/mol. The quantitative estimate of drug-likeness (QED) is 0.852. The van der Waals surface area contributed by atoms with Crippen LogP contribution in [0.15, 0.2) is 41.1 Å². The second-order valence-corrected chi connectivity index (χ2v) is 3.55. The van der Waals surface area contributed by atoms with Crippen LogP contribution in [0.2, 0.25) is 0 Å². The van der Waals surface area contributed by atoms with E-state index < -0.39 is 0 Å². The molecule has 0 unspecified atom stereocenters. The molecule has 82 valence electrons. The van der Waals surface area contributed by atoms with Gasteiger partial charge in [0.15, 0.2) is 0 Å². The third-order valence-corrected chi connectivity index (χ3v) is 2.20. The third kappa shape index (κ3) is 2.48. The Morgan fingerprint density at radius 3 is 3.00 bits per heavy atom. The molecule has 0 saturated heterocycles. The smallest absolute Gasteiger partial charge is 0.290 e. The van der Waals surface area contributed by atoms with Crippen LogP contribution in [-0.4, -0.2) is 11.1 Å². The van der Waals surface area contributed by atoms with Gasteiger partial charge in [-0.15, -0.1) is 0 Å². The Hall–Kier alpha value is -2.10. The van der Waals surface area contributed by atoms with Gasteiger partial charge in [0, 0.05) is 12.6 Å². The van der Waals surface area contributed by atoms with Gasteiger partial charge in [-0.25, -0.2) is 0 Å². The normalized spacial score (nSPS) is 10.1. The lowest BCUT2D eigenvalue weighted by Crippen LogP contribution is -2.22.